The summed E-state index contributed by atoms with van der Waals surface area (Å²) in [5.41, 5.74) is 3.01. The highest BCUT2D eigenvalue weighted by molar-refractivity contribution is 7.99. The molecule has 1 atom stereocenters. The molecule has 0 spiro atoms. The Morgan fingerprint density at radius 3 is 2.57 bits per heavy atom. The quantitative estimate of drug-likeness (QED) is 0.781. The van der Waals surface area contributed by atoms with Crippen molar-refractivity contribution >= 4 is 11.8 Å². The van der Waals surface area contributed by atoms with E-state index in [1.54, 1.807) is 0 Å². The van der Waals surface area contributed by atoms with Crippen LogP contribution in [0.2, 0.25) is 0 Å². The van der Waals surface area contributed by atoms with Crippen LogP contribution in [0, 0.1) is 0 Å². The Bertz CT molecular complexity index is 685. The number of hydrogen-bond donors (Lipinski definition) is 0. The van der Waals surface area contributed by atoms with Crippen LogP contribution in [0.15, 0.2) is 58.3 Å². The maximum Gasteiger partial charge on any atom is 0.0400 e. The van der Waals surface area contributed by atoms with Gasteiger partial charge in [-0.3, -0.25) is 4.90 Å². The van der Waals surface area contributed by atoms with Gasteiger partial charge in [-0.25, -0.2) is 0 Å². The van der Waals surface area contributed by atoms with Gasteiger partial charge in [0.2, 0.25) is 0 Å². The summed E-state index contributed by atoms with van der Waals surface area (Å²) in [6.07, 6.45) is 2.40. The van der Waals surface area contributed by atoms with Crippen LogP contribution in [0.3, 0.4) is 0 Å². The van der Waals surface area contributed by atoms with Gasteiger partial charge in [0, 0.05) is 35.5 Å². The lowest BCUT2D eigenvalue weighted by Gasteiger charge is -2.31. The zero-order chi connectivity index (χ0) is 15.6. The van der Waals surface area contributed by atoms with E-state index < -0.39 is 0 Å². The zero-order valence-electron chi connectivity index (χ0n) is 13.7. The maximum atomic E-state index is 2.71. The third kappa shape index (κ3) is 3.18. The van der Waals surface area contributed by atoms with Gasteiger partial charge in [0.1, 0.15) is 0 Å². The first kappa shape index (κ1) is 15.3. The van der Waals surface area contributed by atoms with Crippen LogP contribution in [0.5, 0.6) is 0 Å². The maximum absolute atomic E-state index is 2.71. The van der Waals surface area contributed by atoms with E-state index in [1.165, 1.54) is 53.5 Å². The summed E-state index contributed by atoms with van der Waals surface area (Å²) in [6.45, 7) is 4.77. The molecule has 1 fully saturated rings. The summed E-state index contributed by atoms with van der Waals surface area (Å²) in [5, 5.41) is 0. The highest BCUT2D eigenvalue weighted by Gasteiger charge is 2.28. The lowest BCUT2D eigenvalue weighted by atomic mass is 9.97. The van der Waals surface area contributed by atoms with Crippen molar-refractivity contribution in [3.8, 4) is 0 Å². The molecular weight excluding hydrogens is 300 g/mol. The third-order valence-electron chi connectivity index (χ3n) is 5.08. The summed E-state index contributed by atoms with van der Waals surface area (Å²) in [7, 11) is 2.25. The lowest BCUT2D eigenvalue weighted by Crippen LogP contribution is -2.33. The number of nitrogens with zero attached hydrogens (tertiary/aromatic N) is 2. The van der Waals surface area contributed by atoms with Gasteiger partial charge < -0.3 is 4.90 Å². The second-order valence-electron chi connectivity index (χ2n) is 6.66. The number of benzene rings is 2. The van der Waals surface area contributed by atoms with E-state index in [1.807, 2.05) is 11.8 Å². The molecule has 2 aliphatic rings. The van der Waals surface area contributed by atoms with Gasteiger partial charge in [-0.05, 0) is 49.7 Å². The van der Waals surface area contributed by atoms with Crippen LogP contribution in [0.4, 0.5) is 0 Å². The first-order valence-corrected chi connectivity index (χ1v) is 9.40. The van der Waals surface area contributed by atoms with E-state index in [9.17, 15) is 0 Å². The molecule has 0 radical (unpaired) electrons. The van der Waals surface area contributed by atoms with Crippen molar-refractivity contribution in [1.29, 1.82) is 0 Å². The van der Waals surface area contributed by atoms with Gasteiger partial charge in [-0.15, -0.1) is 0 Å². The molecular formula is C20H24N2S. The standard InChI is InChI=1S/C20H24N2S/c1-21-11-6-12-22(14-13-21)18-15-16-7-2-4-9-19(16)23-20-10-5-3-8-17(18)20/h2-5,7-10,18H,6,11-15H2,1H3. The van der Waals surface area contributed by atoms with Gasteiger partial charge in [-0.1, -0.05) is 48.2 Å². The summed E-state index contributed by atoms with van der Waals surface area (Å²) in [6, 6.07) is 18.4. The Balaban J connectivity index is 1.72. The molecule has 2 aromatic carbocycles. The third-order valence-corrected chi connectivity index (χ3v) is 6.29. The highest BCUT2D eigenvalue weighted by atomic mass is 32.2. The second kappa shape index (κ2) is 6.68. The van der Waals surface area contributed by atoms with Crippen molar-refractivity contribution in [1.82, 2.24) is 9.80 Å². The van der Waals surface area contributed by atoms with Crippen LogP contribution in [0.25, 0.3) is 0 Å². The first-order valence-electron chi connectivity index (χ1n) is 8.58. The van der Waals surface area contributed by atoms with E-state index in [-0.39, 0.29) is 0 Å². The molecule has 0 saturated carbocycles. The second-order valence-corrected chi connectivity index (χ2v) is 7.74. The summed E-state index contributed by atoms with van der Waals surface area (Å²) < 4.78 is 0. The summed E-state index contributed by atoms with van der Waals surface area (Å²) >= 11 is 1.94. The minimum absolute atomic E-state index is 0.508. The van der Waals surface area contributed by atoms with Crippen LogP contribution < -0.4 is 0 Å². The van der Waals surface area contributed by atoms with Crippen molar-refractivity contribution in [2.75, 3.05) is 33.2 Å². The zero-order valence-corrected chi connectivity index (χ0v) is 14.6. The van der Waals surface area contributed by atoms with Gasteiger partial charge in [0.15, 0.2) is 0 Å². The Hall–Kier alpha value is -1.29. The molecule has 0 bridgehead atoms. The average molecular weight is 324 g/mol. The minimum Gasteiger partial charge on any atom is -0.305 e. The van der Waals surface area contributed by atoms with Gasteiger partial charge >= 0.3 is 0 Å². The van der Waals surface area contributed by atoms with Crippen molar-refractivity contribution in [2.45, 2.75) is 28.7 Å². The number of fused-ring (bicyclic) bond motifs is 2. The molecule has 120 valence electrons. The van der Waals surface area contributed by atoms with Crippen LogP contribution in [0.1, 0.15) is 23.6 Å². The van der Waals surface area contributed by atoms with E-state index in [4.69, 9.17) is 0 Å². The normalized spacial score (nSPS) is 22.7. The fraction of sp³-hybridized carbons (Fsp3) is 0.400. The molecule has 2 aliphatic heterocycles. The van der Waals surface area contributed by atoms with E-state index in [0.717, 1.165) is 6.42 Å². The molecule has 23 heavy (non-hydrogen) atoms. The Labute approximate surface area is 143 Å². The smallest absolute Gasteiger partial charge is 0.0400 e. The molecule has 2 aromatic rings. The van der Waals surface area contributed by atoms with Crippen LogP contribution in [-0.2, 0) is 6.42 Å². The first-order chi connectivity index (χ1) is 11.3. The summed E-state index contributed by atoms with van der Waals surface area (Å²) in [5.74, 6) is 0. The monoisotopic (exact) mass is 324 g/mol. The SMILES string of the molecule is CN1CCCN(C2Cc3ccccc3Sc3ccccc32)CC1. The van der Waals surface area contributed by atoms with Gasteiger partial charge in [-0.2, -0.15) is 0 Å². The topological polar surface area (TPSA) is 6.48 Å². The van der Waals surface area contributed by atoms with E-state index in [2.05, 4.69) is 65.4 Å². The molecule has 1 saturated heterocycles. The van der Waals surface area contributed by atoms with Crippen LogP contribution in [-0.4, -0.2) is 43.0 Å². The predicted octanol–water partition coefficient (Wildman–Crippen LogP) is 4.07. The molecule has 3 heteroatoms. The van der Waals surface area contributed by atoms with Crippen molar-refractivity contribution in [3.63, 3.8) is 0 Å². The largest absolute Gasteiger partial charge is 0.305 e. The highest BCUT2D eigenvalue weighted by Crippen LogP contribution is 2.42. The van der Waals surface area contributed by atoms with E-state index >= 15 is 0 Å². The van der Waals surface area contributed by atoms with Crippen molar-refractivity contribution in [2.24, 2.45) is 0 Å². The number of hydrogen-bond acceptors (Lipinski definition) is 3. The van der Waals surface area contributed by atoms with E-state index in [0.29, 0.717) is 6.04 Å². The van der Waals surface area contributed by atoms with Gasteiger partial charge in [0.25, 0.3) is 0 Å². The molecule has 2 heterocycles. The van der Waals surface area contributed by atoms with Crippen molar-refractivity contribution in [3.05, 3.63) is 59.7 Å². The van der Waals surface area contributed by atoms with Crippen molar-refractivity contribution < 1.29 is 0 Å². The molecule has 2 nitrogen and oxygen atoms in total. The fourth-order valence-electron chi connectivity index (χ4n) is 3.76. The summed E-state index contributed by atoms with van der Waals surface area (Å²) in [4.78, 5) is 8.03. The Morgan fingerprint density at radius 2 is 1.65 bits per heavy atom. The van der Waals surface area contributed by atoms with Crippen LogP contribution >= 0.6 is 11.8 Å². The Kier molecular flexibility index (Phi) is 4.43. The molecule has 0 amide bonds. The molecule has 4 rings (SSSR count). The van der Waals surface area contributed by atoms with Gasteiger partial charge in [0.05, 0.1) is 0 Å². The molecule has 0 aliphatic carbocycles. The molecule has 1 unspecified atom stereocenters. The average Bonchev–Trinajstić information content (AvgIpc) is 2.88. The predicted molar refractivity (Wildman–Crippen MR) is 97.1 cm³/mol. The Morgan fingerprint density at radius 1 is 0.870 bits per heavy atom. The number of rotatable bonds is 1. The molecule has 0 N–H and O–H groups in total. The number of likely N-dealkylation sites (N-methyl/N-ethyl adjacent to an activating group) is 1. The minimum atomic E-state index is 0.508. The molecule has 0 aromatic heterocycles. The lowest BCUT2D eigenvalue weighted by molar-refractivity contribution is 0.200. The fourth-order valence-corrected chi connectivity index (χ4v) is 4.90.